The minimum absolute atomic E-state index is 0.0698. The van der Waals surface area contributed by atoms with Crippen LogP contribution in [0.1, 0.15) is 18.9 Å². The van der Waals surface area contributed by atoms with Crippen molar-refractivity contribution in [3.8, 4) is 0 Å². The topological polar surface area (TPSA) is 84.5 Å². The normalized spacial score (nSPS) is 20.5. The van der Waals surface area contributed by atoms with E-state index in [0.717, 1.165) is 11.3 Å². The standard InChI is InChI=1S/C16H20N2O4S/c1-3-22-16(21)12-9-23-13(15(20)18-12)8-14(19)17-11-7-5-4-6-10(11)2/h4-7,12-13H,3,8-9H2,1-2H3,(H,17,19)(H,18,20)/t12-,13-/m1/s1. The molecule has 2 atom stereocenters. The monoisotopic (exact) mass is 336 g/mol. The molecule has 1 aliphatic heterocycles. The van der Waals surface area contributed by atoms with E-state index in [-0.39, 0.29) is 24.8 Å². The van der Waals surface area contributed by atoms with Crippen LogP contribution in [0.2, 0.25) is 0 Å². The van der Waals surface area contributed by atoms with Crippen LogP contribution >= 0.6 is 11.8 Å². The van der Waals surface area contributed by atoms with Crippen molar-refractivity contribution >= 4 is 35.2 Å². The molecule has 0 bridgehead atoms. The van der Waals surface area contributed by atoms with Crippen molar-refractivity contribution in [2.45, 2.75) is 31.6 Å². The molecule has 1 fully saturated rings. The lowest BCUT2D eigenvalue weighted by molar-refractivity contribution is -0.146. The van der Waals surface area contributed by atoms with Crippen LogP contribution in [0.3, 0.4) is 0 Å². The van der Waals surface area contributed by atoms with Crippen LogP contribution in [-0.4, -0.2) is 41.4 Å². The van der Waals surface area contributed by atoms with Gasteiger partial charge in [-0.05, 0) is 25.5 Å². The number of carbonyl (C=O) groups is 3. The van der Waals surface area contributed by atoms with Gasteiger partial charge in [-0.3, -0.25) is 9.59 Å². The maximum absolute atomic E-state index is 12.1. The fraction of sp³-hybridized carbons (Fsp3) is 0.438. The number of carbonyl (C=O) groups excluding carboxylic acids is 3. The van der Waals surface area contributed by atoms with E-state index in [0.29, 0.717) is 5.75 Å². The molecule has 0 unspecified atom stereocenters. The molecule has 0 aliphatic carbocycles. The number of thioether (sulfide) groups is 1. The van der Waals surface area contributed by atoms with Crippen LogP contribution in [0.25, 0.3) is 0 Å². The van der Waals surface area contributed by atoms with Gasteiger partial charge in [0.1, 0.15) is 6.04 Å². The number of rotatable bonds is 5. The van der Waals surface area contributed by atoms with E-state index in [4.69, 9.17) is 4.74 Å². The quantitative estimate of drug-likeness (QED) is 0.796. The molecule has 0 radical (unpaired) electrons. The number of hydrogen-bond acceptors (Lipinski definition) is 5. The van der Waals surface area contributed by atoms with Crippen molar-refractivity contribution < 1.29 is 19.1 Å². The third-order valence-electron chi connectivity index (χ3n) is 3.43. The van der Waals surface area contributed by atoms with Crippen LogP contribution in [0.5, 0.6) is 0 Å². The zero-order valence-electron chi connectivity index (χ0n) is 13.1. The molecule has 0 aromatic heterocycles. The van der Waals surface area contributed by atoms with Crippen molar-refractivity contribution in [1.82, 2.24) is 5.32 Å². The molecule has 7 heteroatoms. The smallest absolute Gasteiger partial charge is 0.329 e. The highest BCUT2D eigenvalue weighted by Crippen LogP contribution is 2.22. The van der Waals surface area contributed by atoms with Crippen molar-refractivity contribution in [3.63, 3.8) is 0 Å². The van der Waals surface area contributed by atoms with E-state index in [2.05, 4.69) is 10.6 Å². The number of anilines is 1. The Balaban J connectivity index is 1.87. The first-order chi connectivity index (χ1) is 11.0. The van der Waals surface area contributed by atoms with Crippen LogP contribution in [0.15, 0.2) is 24.3 Å². The molecule has 23 heavy (non-hydrogen) atoms. The Bertz CT molecular complexity index is 605. The molecule has 124 valence electrons. The van der Waals surface area contributed by atoms with Gasteiger partial charge < -0.3 is 15.4 Å². The lowest BCUT2D eigenvalue weighted by atomic mass is 10.2. The summed E-state index contributed by atoms with van der Waals surface area (Å²) in [6.07, 6.45) is 0.0698. The van der Waals surface area contributed by atoms with Gasteiger partial charge in [0.05, 0.1) is 11.9 Å². The van der Waals surface area contributed by atoms with Gasteiger partial charge in [0.15, 0.2) is 0 Å². The number of nitrogens with one attached hydrogen (secondary N) is 2. The van der Waals surface area contributed by atoms with Gasteiger partial charge in [-0.15, -0.1) is 11.8 Å². The van der Waals surface area contributed by atoms with Gasteiger partial charge in [-0.2, -0.15) is 0 Å². The summed E-state index contributed by atoms with van der Waals surface area (Å²) < 4.78 is 4.89. The molecule has 2 amide bonds. The first-order valence-corrected chi connectivity index (χ1v) is 8.50. The molecule has 0 saturated carbocycles. The number of amides is 2. The molecule has 6 nitrogen and oxygen atoms in total. The van der Waals surface area contributed by atoms with E-state index >= 15 is 0 Å². The molecule has 0 spiro atoms. The van der Waals surface area contributed by atoms with E-state index in [1.54, 1.807) is 6.92 Å². The highest BCUT2D eigenvalue weighted by molar-refractivity contribution is 8.00. The number of para-hydroxylation sites is 1. The van der Waals surface area contributed by atoms with Gasteiger partial charge in [0.25, 0.3) is 0 Å². The molecule has 1 aliphatic rings. The third kappa shape index (κ3) is 4.72. The average molecular weight is 336 g/mol. The zero-order valence-corrected chi connectivity index (χ0v) is 13.9. The minimum Gasteiger partial charge on any atom is -0.464 e. The highest BCUT2D eigenvalue weighted by atomic mass is 32.2. The average Bonchev–Trinajstić information content (AvgIpc) is 2.52. The fourth-order valence-electron chi connectivity index (χ4n) is 2.20. The molecule has 2 N–H and O–H groups in total. The Kier molecular flexibility index (Phi) is 6.04. The predicted molar refractivity (Wildman–Crippen MR) is 89.2 cm³/mol. The number of esters is 1. The van der Waals surface area contributed by atoms with Crippen molar-refractivity contribution in [2.75, 3.05) is 17.7 Å². The van der Waals surface area contributed by atoms with Gasteiger partial charge >= 0.3 is 5.97 Å². The van der Waals surface area contributed by atoms with Gasteiger partial charge in [-0.1, -0.05) is 18.2 Å². The first kappa shape index (κ1) is 17.3. The molecule has 1 heterocycles. The van der Waals surface area contributed by atoms with Crippen molar-refractivity contribution in [1.29, 1.82) is 0 Å². The Morgan fingerprint density at radius 1 is 1.39 bits per heavy atom. The fourth-order valence-corrected chi connectivity index (χ4v) is 3.33. The summed E-state index contributed by atoms with van der Waals surface area (Å²) in [7, 11) is 0. The predicted octanol–water partition coefficient (Wildman–Crippen LogP) is 1.49. The minimum atomic E-state index is -0.636. The van der Waals surface area contributed by atoms with E-state index < -0.39 is 17.3 Å². The molecular formula is C16H20N2O4S. The van der Waals surface area contributed by atoms with Gasteiger partial charge in [-0.25, -0.2) is 4.79 Å². The Morgan fingerprint density at radius 2 is 2.13 bits per heavy atom. The lowest BCUT2D eigenvalue weighted by Gasteiger charge is -2.27. The van der Waals surface area contributed by atoms with Crippen LogP contribution < -0.4 is 10.6 Å². The summed E-state index contributed by atoms with van der Waals surface area (Å²) in [5.41, 5.74) is 1.70. The van der Waals surface area contributed by atoms with Crippen molar-refractivity contribution in [2.24, 2.45) is 0 Å². The van der Waals surface area contributed by atoms with Crippen molar-refractivity contribution in [3.05, 3.63) is 29.8 Å². The SMILES string of the molecule is CCOC(=O)[C@H]1CS[C@H](CC(=O)Nc2ccccc2C)C(=O)N1. The molecule has 1 saturated heterocycles. The first-order valence-electron chi connectivity index (χ1n) is 7.45. The summed E-state index contributed by atoms with van der Waals surface area (Å²) in [4.78, 5) is 35.8. The Hall–Kier alpha value is -2.02. The molecule has 2 rings (SSSR count). The second-order valence-electron chi connectivity index (χ2n) is 5.20. The molecule has 1 aromatic rings. The summed E-state index contributed by atoms with van der Waals surface area (Å²) in [6, 6.07) is 6.82. The second-order valence-corrected chi connectivity index (χ2v) is 6.44. The largest absolute Gasteiger partial charge is 0.464 e. The second kappa shape index (κ2) is 8.01. The molecule has 1 aromatic carbocycles. The van der Waals surface area contributed by atoms with E-state index in [1.807, 2.05) is 31.2 Å². The lowest BCUT2D eigenvalue weighted by Crippen LogP contribution is -2.51. The zero-order chi connectivity index (χ0) is 16.8. The number of hydrogen-bond donors (Lipinski definition) is 2. The van der Waals surface area contributed by atoms with Crippen LogP contribution in [0.4, 0.5) is 5.69 Å². The Labute approximate surface area is 139 Å². The highest BCUT2D eigenvalue weighted by Gasteiger charge is 2.34. The Morgan fingerprint density at radius 3 is 2.78 bits per heavy atom. The summed E-state index contributed by atoms with van der Waals surface area (Å²) >= 11 is 1.30. The third-order valence-corrected chi connectivity index (χ3v) is 4.74. The van der Waals surface area contributed by atoms with E-state index in [1.165, 1.54) is 11.8 Å². The number of aryl methyl sites for hydroxylation is 1. The summed E-state index contributed by atoms with van der Waals surface area (Å²) in [6.45, 7) is 3.90. The maximum atomic E-state index is 12.1. The summed E-state index contributed by atoms with van der Waals surface area (Å²) in [5.74, 6) is -0.552. The number of benzene rings is 1. The molecular weight excluding hydrogens is 316 g/mol. The maximum Gasteiger partial charge on any atom is 0.329 e. The van der Waals surface area contributed by atoms with Crippen LogP contribution in [0, 0.1) is 6.92 Å². The summed E-state index contributed by atoms with van der Waals surface area (Å²) in [5, 5.41) is 4.93. The van der Waals surface area contributed by atoms with Crippen LogP contribution in [-0.2, 0) is 19.1 Å². The van der Waals surface area contributed by atoms with Gasteiger partial charge in [0.2, 0.25) is 11.8 Å². The van der Waals surface area contributed by atoms with Gasteiger partial charge in [0, 0.05) is 17.9 Å². The number of ether oxygens (including phenoxy) is 1. The van der Waals surface area contributed by atoms with E-state index in [9.17, 15) is 14.4 Å².